The quantitative estimate of drug-likeness (QED) is 0.141. The van der Waals surface area contributed by atoms with E-state index in [0.29, 0.717) is 22.5 Å². The van der Waals surface area contributed by atoms with Gasteiger partial charge in [-0.05, 0) is 18.6 Å². The molecule has 7 nitrogen and oxygen atoms in total. The molecule has 0 unspecified atom stereocenters. The number of rotatable bonds is 7. The van der Waals surface area contributed by atoms with Crippen LogP contribution in [0.3, 0.4) is 0 Å². The van der Waals surface area contributed by atoms with Crippen molar-refractivity contribution in [2.24, 2.45) is 0 Å². The van der Waals surface area contributed by atoms with Gasteiger partial charge in [-0.3, -0.25) is 5.04 Å². The monoisotopic (exact) mass is 396 g/mol. The van der Waals surface area contributed by atoms with Crippen LogP contribution in [0.15, 0.2) is 17.0 Å². The number of benzene rings is 1. The molecule has 0 bridgehead atoms. The van der Waals surface area contributed by atoms with Crippen LogP contribution in [0, 0.1) is 6.92 Å². The predicted octanol–water partition coefficient (Wildman–Crippen LogP) is -1.96. The van der Waals surface area contributed by atoms with Gasteiger partial charge in [0.2, 0.25) is 0 Å². The van der Waals surface area contributed by atoms with Crippen LogP contribution in [-0.4, -0.2) is 24.6 Å². The fourth-order valence-electron chi connectivity index (χ4n) is 1.13. The topological polar surface area (TPSA) is 105 Å². The van der Waals surface area contributed by atoms with Gasteiger partial charge in [-0.1, -0.05) is 15.9 Å². The zero-order valence-electron chi connectivity index (χ0n) is 10.7. The fourth-order valence-corrected chi connectivity index (χ4v) is 3.45. The van der Waals surface area contributed by atoms with E-state index in [-0.39, 0.29) is 52.1 Å². The smallest absolute Gasteiger partial charge is 0.691 e. The van der Waals surface area contributed by atoms with E-state index in [1.165, 1.54) is 12.1 Å². The summed E-state index contributed by atoms with van der Waals surface area (Å²) in [6.07, 6.45) is 0. The van der Waals surface area contributed by atoms with Gasteiger partial charge >= 0.3 is 39.7 Å². The number of halogens is 1. The summed E-state index contributed by atoms with van der Waals surface area (Å²) in [6, 6.07) is 2.52. The zero-order valence-corrected chi connectivity index (χ0v) is 15.9. The van der Waals surface area contributed by atoms with Crippen molar-refractivity contribution in [2.75, 3.05) is 11.1 Å². The Morgan fingerprint density at radius 1 is 1.45 bits per heavy atom. The Kier molecular flexibility index (Phi) is 9.72. The molecule has 0 fully saturated rings. The van der Waals surface area contributed by atoms with E-state index in [1.807, 2.05) is 0 Å². The molecule has 11 heteroatoms. The van der Waals surface area contributed by atoms with E-state index in [9.17, 15) is 18.8 Å². The van der Waals surface area contributed by atoms with Crippen molar-refractivity contribution in [1.29, 1.82) is 0 Å². The van der Waals surface area contributed by atoms with Crippen LogP contribution in [0.2, 0.25) is 0 Å². The molecule has 20 heavy (non-hydrogen) atoms. The summed E-state index contributed by atoms with van der Waals surface area (Å²) in [4.78, 5) is 0.388. The standard InChI is InChI=1S/C9H11BrO7S2.Na/c1-6-4-8(15-19(13,14)3-2-10)7(11)5-9(6)18-17-16-12;/h4-5,11-12H,2-3H2,1H3;/q;+1/p-1. The van der Waals surface area contributed by atoms with E-state index >= 15 is 0 Å². The molecule has 0 heterocycles. The number of phenols is 1. The molecule has 0 saturated carbocycles. The van der Waals surface area contributed by atoms with Crippen LogP contribution in [0.1, 0.15) is 5.56 Å². The molecule has 0 aromatic heterocycles. The van der Waals surface area contributed by atoms with Crippen molar-refractivity contribution in [3.8, 4) is 11.5 Å². The SMILES string of the molecule is Cc1cc(OS(=O)(=O)CCBr)c(O)cc1SOO[O-].[Na+]. The Labute approximate surface area is 151 Å². The first-order valence-electron chi connectivity index (χ1n) is 4.84. The Bertz CT molecular complexity index is 537. The van der Waals surface area contributed by atoms with Crippen LogP contribution in [0.4, 0.5) is 0 Å². The summed E-state index contributed by atoms with van der Waals surface area (Å²) in [5.74, 6) is -0.804. The van der Waals surface area contributed by atoms with Crippen molar-refractivity contribution in [2.45, 2.75) is 11.8 Å². The van der Waals surface area contributed by atoms with Crippen molar-refractivity contribution in [3.05, 3.63) is 17.7 Å². The van der Waals surface area contributed by atoms with Crippen molar-refractivity contribution in [3.63, 3.8) is 0 Å². The van der Waals surface area contributed by atoms with Crippen LogP contribution in [0.5, 0.6) is 11.5 Å². The molecule has 1 rings (SSSR count). The van der Waals surface area contributed by atoms with E-state index in [4.69, 9.17) is 4.18 Å². The maximum absolute atomic E-state index is 11.5. The Balaban J connectivity index is 0.00000361. The predicted molar refractivity (Wildman–Crippen MR) is 69.1 cm³/mol. The van der Waals surface area contributed by atoms with Gasteiger partial charge in [-0.25, -0.2) is 0 Å². The maximum Gasteiger partial charge on any atom is 1.00 e. The second-order valence-electron chi connectivity index (χ2n) is 3.34. The van der Waals surface area contributed by atoms with Crippen LogP contribution >= 0.6 is 28.0 Å². The minimum absolute atomic E-state index is 0. The van der Waals surface area contributed by atoms with E-state index < -0.39 is 10.1 Å². The van der Waals surface area contributed by atoms with Crippen molar-refractivity contribution in [1.82, 2.24) is 0 Å². The number of hydrogen-bond acceptors (Lipinski definition) is 8. The number of hydrogen-bond donors (Lipinski definition) is 1. The molecule has 0 amide bonds. The third-order valence-corrected chi connectivity index (χ3v) is 4.75. The van der Waals surface area contributed by atoms with Crippen molar-refractivity contribution >= 4 is 38.1 Å². The molecule has 0 aliphatic carbocycles. The third kappa shape index (κ3) is 6.50. The summed E-state index contributed by atoms with van der Waals surface area (Å²) in [7, 11) is -3.77. The van der Waals surface area contributed by atoms with Crippen LogP contribution in [-0.2, 0) is 19.5 Å². The van der Waals surface area contributed by atoms with Gasteiger partial charge in [0, 0.05) is 16.3 Å². The number of aromatic hydroxyl groups is 1. The average molecular weight is 397 g/mol. The molecule has 0 radical (unpaired) electrons. The van der Waals surface area contributed by atoms with Crippen molar-refractivity contribution < 1.29 is 61.9 Å². The number of alkyl halides is 1. The van der Waals surface area contributed by atoms with Gasteiger partial charge in [0.1, 0.15) is 0 Å². The first kappa shape index (κ1) is 20.5. The molecule has 0 spiro atoms. The molecule has 108 valence electrons. The van der Waals surface area contributed by atoms with E-state index in [1.54, 1.807) is 6.92 Å². The number of aryl methyl sites for hydroxylation is 1. The summed E-state index contributed by atoms with van der Waals surface area (Å²) < 4.78 is 31.8. The summed E-state index contributed by atoms with van der Waals surface area (Å²) in [5, 5.41) is 22.8. The molecule has 0 aliphatic rings. The minimum atomic E-state index is -3.77. The third-order valence-electron chi connectivity index (χ3n) is 1.95. The van der Waals surface area contributed by atoms with Gasteiger partial charge in [-0.15, -0.1) is 0 Å². The van der Waals surface area contributed by atoms with E-state index in [0.717, 1.165) is 0 Å². The number of phenolic OH excluding ortho intramolecular Hbond substituents is 1. The van der Waals surface area contributed by atoms with Gasteiger partial charge in [0.25, 0.3) is 0 Å². The first-order chi connectivity index (χ1) is 8.89. The van der Waals surface area contributed by atoms with Crippen LogP contribution < -0.4 is 39.0 Å². The molecular weight excluding hydrogens is 387 g/mol. The first-order valence-corrected chi connectivity index (χ1v) is 8.28. The van der Waals surface area contributed by atoms with Crippen LogP contribution in [0.25, 0.3) is 0 Å². The van der Waals surface area contributed by atoms with Gasteiger partial charge < -0.3 is 14.5 Å². The summed E-state index contributed by atoms with van der Waals surface area (Å²) >= 11 is 3.58. The summed E-state index contributed by atoms with van der Waals surface area (Å²) in [6.45, 7) is 1.62. The molecule has 1 N–H and O–H groups in total. The summed E-state index contributed by atoms with van der Waals surface area (Å²) in [5.41, 5.74) is 0.545. The molecule has 0 atom stereocenters. The van der Waals surface area contributed by atoms with Gasteiger partial charge in [0.15, 0.2) is 11.5 Å². The maximum atomic E-state index is 11.5. The molecule has 1 aromatic carbocycles. The molecule has 0 aliphatic heterocycles. The largest absolute Gasteiger partial charge is 1.00 e. The Morgan fingerprint density at radius 2 is 2.10 bits per heavy atom. The molecule has 0 saturated heterocycles. The Morgan fingerprint density at radius 3 is 2.65 bits per heavy atom. The van der Waals surface area contributed by atoms with Gasteiger partial charge in [0.05, 0.1) is 17.8 Å². The van der Waals surface area contributed by atoms with E-state index in [2.05, 4.69) is 25.3 Å². The zero-order chi connectivity index (χ0) is 14.5. The molecular formula is C9H10BrNaO7S2. The molecule has 1 aromatic rings. The minimum Gasteiger partial charge on any atom is -0.691 e. The Hall–Kier alpha value is 0.480. The second-order valence-corrected chi connectivity index (χ2v) is 6.56. The fraction of sp³-hybridized carbons (Fsp3) is 0.333. The normalized spacial score (nSPS) is 10.9. The van der Waals surface area contributed by atoms with Gasteiger partial charge in [-0.2, -0.15) is 12.8 Å². The average Bonchev–Trinajstić information content (AvgIpc) is 2.31. The second kappa shape index (κ2) is 9.49.